The minimum atomic E-state index is -2.95. The summed E-state index contributed by atoms with van der Waals surface area (Å²) in [5.74, 6) is 0.727. The molecule has 24 heavy (non-hydrogen) atoms. The van der Waals surface area contributed by atoms with Crippen molar-refractivity contribution in [3.63, 3.8) is 0 Å². The Hall–Kier alpha value is -2.47. The number of hydrogen-bond donors (Lipinski definition) is 0. The Balaban J connectivity index is 2.02. The molecular formula is C17H14ClF2N3O. The van der Waals surface area contributed by atoms with Crippen molar-refractivity contribution < 1.29 is 13.5 Å². The highest BCUT2D eigenvalue weighted by atomic mass is 35.5. The van der Waals surface area contributed by atoms with Crippen molar-refractivity contribution in [3.8, 4) is 17.0 Å². The summed E-state index contributed by atoms with van der Waals surface area (Å²) in [5, 5.41) is 0.506. The van der Waals surface area contributed by atoms with Gasteiger partial charge in [-0.25, -0.2) is 9.97 Å². The molecule has 0 aliphatic heterocycles. The average molecular weight is 350 g/mol. The Labute approximate surface area is 142 Å². The molecule has 7 heteroatoms. The van der Waals surface area contributed by atoms with E-state index in [2.05, 4.69) is 14.7 Å². The SMILES string of the molecule is Cc1nccn1Cc1cnc(OC(F)F)c(-c2cccc(Cl)c2)c1. The zero-order valence-electron chi connectivity index (χ0n) is 12.8. The minimum Gasteiger partial charge on any atom is -0.416 e. The Morgan fingerprint density at radius 3 is 2.75 bits per heavy atom. The van der Waals surface area contributed by atoms with Crippen LogP contribution in [0.25, 0.3) is 11.1 Å². The third-order valence-electron chi connectivity index (χ3n) is 3.52. The molecule has 0 saturated heterocycles. The lowest BCUT2D eigenvalue weighted by Crippen LogP contribution is -2.07. The molecule has 0 radical (unpaired) electrons. The second-order valence-corrected chi connectivity index (χ2v) is 5.62. The van der Waals surface area contributed by atoms with Gasteiger partial charge in [-0.3, -0.25) is 0 Å². The van der Waals surface area contributed by atoms with E-state index in [0.29, 0.717) is 22.7 Å². The smallest absolute Gasteiger partial charge is 0.388 e. The van der Waals surface area contributed by atoms with Crippen LogP contribution in [0.1, 0.15) is 11.4 Å². The van der Waals surface area contributed by atoms with E-state index >= 15 is 0 Å². The molecule has 0 amide bonds. The quantitative estimate of drug-likeness (QED) is 0.678. The van der Waals surface area contributed by atoms with Crippen LogP contribution in [0.2, 0.25) is 5.02 Å². The van der Waals surface area contributed by atoms with Gasteiger partial charge in [-0.1, -0.05) is 23.7 Å². The molecule has 0 fully saturated rings. The van der Waals surface area contributed by atoms with Crippen LogP contribution in [0.5, 0.6) is 5.88 Å². The van der Waals surface area contributed by atoms with E-state index in [1.807, 2.05) is 17.7 Å². The monoisotopic (exact) mass is 349 g/mol. The fraction of sp³-hybridized carbons (Fsp3) is 0.176. The van der Waals surface area contributed by atoms with Crippen LogP contribution in [-0.4, -0.2) is 21.1 Å². The first-order valence-electron chi connectivity index (χ1n) is 7.20. The summed E-state index contributed by atoms with van der Waals surface area (Å²) in [5.41, 5.74) is 1.97. The molecule has 3 aromatic rings. The molecule has 2 aromatic heterocycles. The van der Waals surface area contributed by atoms with Gasteiger partial charge < -0.3 is 9.30 Å². The first-order chi connectivity index (χ1) is 11.5. The maximum Gasteiger partial charge on any atom is 0.388 e. The van der Waals surface area contributed by atoms with Gasteiger partial charge in [0.25, 0.3) is 0 Å². The number of ether oxygens (including phenoxy) is 1. The molecule has 2 heterocycles. The number of benzene rings is 1. The van der Waals surface area contributed by atoms with Crippen molar-refractivity contribution in [2.75, 3.05) is 0 Å². The first kappa shape index (κ1) is 16.4. The lowest BCUT2D eigenvalue weighted by molar-refractivity contribution is -0.0524. The molecule has 4 nitrogen and oxygen atoms in total. The van der Waals surface area contributed by atoms with Gasteiger partial charge in [0.15, 0.2) is 0 Å². The van der Waals surface area contributed by atoms with Gasteiger partial charge >= 0.3 is 6.61 Å². The van der Waals surface area contributed by atoms with E-state index < -0.39 is 6.61 Å². The van der Waals surface area contributed by atoms with Crippen LogP contribution in [0.4, 0.5) is 8.78 Å². The second kappa shape index (κ2) is 6.97. The zero-order chi connectivity index (χ0) is 17.1. The predicted octanol–water partition coefficient (Wildman–Crippen LogP) is 4.56. The number of imidazole rings is 1. The molecule has 3 rings (SSSR count). The fourth-order valence-electron chi connectivity index (χ4n) is 2.39. The third kappa shape index (κ3) is 3.71. The van der Waals surface area contributed by atoms with Gasteiger partial charge in [-0.2, -0.15) is 8.78 Å². The third-order valence-corrected chi connectivity index (χ3v) is 3.76. The largest absolute Gasteiger partial charge is 0.416 e. The fourth-order valence-corrected chi connectivity index (χ4v) is 2.58. The van der Waals surface area contributed by atoms with Crippen LogP contribution in [0.15, 0.2) is 48.9 Å². The molecule has 124 valence electrons. The molecule has 0 bridgehead atoms. The Bertz CT molecular complexity index is 851. The van der Waals surface area contributed by atoms with Gasteiger partial charge in [-0.05, 0) is 36.2 Å². The van der Waals surface area contributed by atoms with Crippen molar-refractivity contribution >= 4 is 11.6 Å². The Morgan fingerprint density at radius 2 is 2.08 bits per heavy atom. The van der Waals surface area contributed by atoms with E-state index in [1.54, 1.807) is 36.5 Å². The molecule has 0 N–H and O–H groups in total. The number of nitrogens with zero attached hydrogens (tertiary/aromatic N) is 3. The van der Waals surface area contributed by atoms with E-state index in [4.69, 9.17) is 11.6 Å². The second-order valence-electron chi connectivity index (χ2n) is 5.19. The van der Waals surface area contributed by atoms with Gasteiger partial charge in [0.2, 0.25) is 5.88 Å². The lowest BCUT2D eigenvalue weighted by atomic mass is 10.1. The van der Waals surface area contributed by atoms with Gasteiger partial charge in [0.05, 0.1) is 6.54 Å². The van der Waals surface area contributed by atoms with E-state index in [9.17, 15) is 8.78 Å². The van der Waals surface area contributed by atoms with Gasteiger partial charge in [0.1, 0.15) is 5.82 Å². The Kier molecular flexibility index (Phi) is 4.76. The van der Waals surface area contributed by atoms with Crippen molar-refractivity contribution in [1.82, 2.24) is 14.5 Å². The maximum atomic E-state index is 12.7. The van der Waals surface area contributed by atoms with Crippen LogP contribution < -0.4 is 4.74 Å². The highest BCUT2D eigenvalue weighted by molar-refractivity contribution is 6.30. The predicted molar refractivity (Wildman–Crippen MR) is 87.4 cm³/mol. The standard InChI is InChI=1S/C17H14ClF2N3O/c1-11-21-5-6-23(11)10-12-7-15(13-3-2-4-14(18)8-13)16(22-9-12)24-17(19)20/h2-9,17H,10H2,1H3. The molecular weight excluding hydrogens is 336 g/mol. The summed E-state index contributed by atoms with van der Waals surface area (Å²) in [6.07, 6.45) is 5.07. The molecule has 0 aliphatic rings. The van der Waals surface area contributed by atoms with Crippen molar-refractivity contribution in [3.05, 3.63) is 65.3 Å². The summed E-state index contributed by atoms with van der Waals surface area (Å²) < 4.78 is 31.8. The molecule has 0 saturated carbocycles. The molecule has 0 aliphatic carbocycles. The molecule has 0 unspecified atom stereocenters. The van der Waals surface area contributed by atoms with Crippen molar-refractivity contribution in [2.45, 2.75) is 20.1 Å². The number of alkyl halides is 2. The van der Waals surface area contributed by atoms with E-state index in [0.717, 1.165) is 11.4 Å². The lowest BCUT2D eigenvalue weighted by Gasteiger charge is -2.13. The Morgan fingerprint density at radius 1 is 1.25 bits per heavy atom. The minimum absolute atomic E-state index is 0.127. The maximum absolute atomic E-state index is 12.7. The number of aromatic nitrogens is 3. The molecule has 1 aromatic carbocycles. The highest BCUT2D eigenvalue weighted by Gasteiger charge is 2.14. The molecule has 0 spiro atoms. The average Bonchev–Trinajstić information content (AvgIpc) is 2.93. The van der Waals surface area contributed by atoms with Gasteiger partial charge in [-0.15, -0.1) is 0 Å². The normalized spacial score (nSPS) is 11.0. The zero-order valence-corrected chi connectivity index (χ0v) is 13.5. The van der Waals surface area contributed by atoms with E-state index in [-0.39, 0.29) is 5.88 Å². The summed E-state index contributed by atoms with van der Waals surface area (Å²) >= 11 is 6.01. The van der Waals surface area contributed by atoms with Crippen LogP contribution in [-0.2, 0) is 6.54 Å². The molecule has 0 atom stereocenters. The number of aryl methyl sites for hydroxylation is 1. The van der Waals surface area contributed by atoms with E-state index in [1.165, 1.54) is 6.20 Å². The van der Waals surface area contributed by atoms with Crippen molar-refractivity contribution in [2.24, 2.45) is 0 Å². The summed E-state index contributed by atoms with van der Waals surface area (Å²) in [6, 6.07) is 8.69. The van der Waals surface area contributed by atoms with Crippen LogP contribution in [0.3, 0.4) is 0 Å². The number of rotatable bonds is 5. The number of pyridine rings is 1. The first-order valence-corrected chi connectivity index (χ1v) is 7.58. The highest BCUT2D eigenvalue weighted by Crippen LogP contribution is 2.31. The number of hydrogen-bond acceptors (Lipinski definition) is 3. The topological polar surface area (TPSA) is 39.9 Å². The van der Waals surface area contributed by atoms with Crippen molar-refractivity contribution in [1.29, 1.82) is 0 Å². The van der Waals surface area contributed by atoms with Crippen LogP contribution >= 0.6 is 11.6 Å². The summed E-state index contributed by atoms with van der Waals surface area (Å²) in [7, 11) is 0. The van der Waals surface area contributed by atoms with Gasteiger partial charge in [0, 0.05) is 29.2 Å². The summed E-state index contributed by atoms with van der Waals surface area (Å²) in [6.45, 7) is -0.529. The number of halogens is 3. The van der Waals surface area contributed by atoms with Crippen LogP contribution in [0, 0.1) is 6.92 Å². The summed E-state index contributed by atoms with van der Waals surface area (Å²) in [4.78, 5) is 8.22.